The van der Waals surface area contributed by atoms with Crippen molar-refractivity contribution in [1.29, 1.82) is 0 Å². The number of carbonyl (C=O) groups excluding carboxylic acids is 1. The molecule has 2 atom stereocenters. The second-order valence-corrected chi connectivity index (χ2v) is 7.50. The van der Waals surface area contributed by atoms with Crippen molar-refractivity contribution in [2.45, 2.75) is 57.2 Å². The largest absolute Gasteiger partial charge is 0.336 e. The van der Waals surface area contributed by atoms with E-state index in [0.29, 0.717) is 17.1 Å². The van der Waals surface area contributed by atoms with Gasteiger partial charge >= 0.3 is 0 Å². The summed E-state index contributed by atoms with van der Waals surface area (Å²) in [5, 5.41) is 4.81. The molecule has 0 aromatic carbocycles. The van der Waals surface area contributed by atoms with Crippen molar-refractivity contribution in [1.82, 2.24) is 19.6 Å². The van der Waals surface area contributed by atoms with E-state index in [4.69, 9.17) is 11.6 Å². The molecule has 2 aliphatic rings. The standard InChI is InChI=1S/C16H25ClN4O/c1-16(2,21-11-12(17)10-18-21)15(22)20-9-5-7-14(20)13-6-4-8-19(13)3/h10-11,13-14H,4-9H2,1-3H3/t13-,14+/m0/s1. The molecule has 0 bridgehead atoms. The van der Waals surface area contributed by atoms with Crippen LogP contribution in [0.5, 0.6) is 0 Å². The van der Waals surface area contributed by atoms with Gasteiger partial charge in [0.05, 0.1) is 11.2 Å². The highest BCUT2D eigenvalue weighted by Gasteiger charge is 2.43. The van der Waals surface area contributed by atoms with Crippen LogP contribution in [-0.2, 0) is 10.3 Å². The molecule has 2 fully saturated rings. The van der Waals surface area contributed by atoms with E-state index in [1.807, 2.05) is 13.8 Å². The minimum absolute atomic E-state index is 0.148. The van der Waals surface area contributed by atoms with Crippen molar-refractivity contribution in [2.24, 2.45) is 0 Å². The van der Waals surface area contributed by atoms with Crippen molar-refractivity contribution in [3.63, 3.8) is 0 Å². The van der Waals surface area contributed by atoms with Gasteiger partial charge in [-0.05, 0) is 53.1 Å². The third kappa shape index (κ3) is 2.65. The fourth-order valence-electron chi connectivity index (χ4n) is 3.92. The molecule has 0 unspecified atom stereocenters. The Kier molecular flexibility index (Phi) is 4.21. The lowest BCUT2D eigenvalue weighted by atomic mass is 9.99. The number of carbonyl (C=O) groups is 1. The number of hydrogen-bond donors (Lipinski definition) is 0. The molecule has 0 aliphatic carbocycles. The number of nitrogens with zero attached hydrogens (tertiary/aromatic N) is 4. The van der Waals surface area contributed by atoms with Gasteiger partial charge in [0, 0.05) is 24.8 Å². The van der Waals surface area contributed by atoms with Gasteiger partial charge in [0.25, 0.3) is 0 Å². The Morgan fingerprint density at radius 1 is 1.27 bits per heavy atom. The SMILES string of the molecule is CN1CCC[C@H]1[C@H]1CCCN1C(=O)C(C)(C)n1cc(Cl)cn1. The van der Waals surface area contributed by atoms with Gasteiger partial charge in [0.15, 0.2) is 0 Å². The fourth-order valence-corrected chi connectivity index (χ4v) is 4.06. The summed E-state index contributed by atoms with van der Waals surface area (Å²) in [5.74, 6) is 0.148. The zero-order valence-corrected chi connectivity index (χ0v) is 14.4. The van der Waals surface area contributed by atoms with Crippen molar-refractivity contribution < 1.29 is 4.79 Å². The van der Waals surface area contributed by atoms with Crippen molar-refractivity contribution in [3.05, 3.63) is 17.4 Å². The third-order valence-electron chi connectivity index (χ3n) is 5.23. The molecule has 1 aromatic rings. The smallest absolute Gasteiger partial charge is 0.250 e. The molecule has 0 N–H and O–H groups in total. The maximum absolute atomic E-state index is 13.2. The molecular weight excluding hydrogens is 300 g/mol. The minimum atomic E-state index is -0.701. The maximum atomic E-state index is 13.2. The number of hydrogen-bond acceptors (Lipinski definition) is 3. The molecule has 22 heavy (non-hydrogen) atoms. The summed E-state index contributed by atoms with van der Waals surface area (Å²) in [5.41, 5.74) is -0.701. The van der Waals surface area contributed by atoms with Gasteiger partial charge < -0.3 is 9.80 Å². The number of aromatic nitrogens is 2. The zero-order valence-electron chi connectivity index (χ0n) is 13.6. The van der Waals surface area contributed by atoms with E-state index in [1.165, 1.54) is 12.8 Å². The van der Waals surface area contributed by atoms with Crippen LogP contribution in [0, 0.1) is 0 Å². The molecule has 0 radical (unpaired) electrons. The van der Waals surface area contributed by atoms with Crippen LogP contribution in [0.3, 0.4) is 0 Å². The molecule has 122 valence electrons. The summed E-state index contributed by atoms with van der Waals surface area (Å²) in [4.78, 5) is 17.7. The van der Waals surface area contributed by atoms with Gasteiger partial charge in [0.1, 0.15) is 5.54 Å². The van der Waals surface area contributed by atoms with E-state index >= 15 is 0 Å². The average molecular weight is 325 g/mol. The van der Waals surface area contributed by atoms with Crippen LogP contribution >= 0.6 is 11.6 Å². The minimum Gasteiger partial charge on any atom is -0.336 e. The first-order chi connectivity index (χ1) is 10.4. The Hall–Kier alpha value is -1.07. The maximum Gasteiger partial charge on any atom is 0.250 e. The zero-order chi connectivity index (χ0) is 15.9. The molecule has 0 saturated carbocycles. The normalized spacial score (nSPS) is 26.8. The van der Waals surface area contributed by atoms with Gasteiger partial charge in [-0.25, -0.2) is 0 Å². The van der Waals surface area contributed by atoms with E-state index < -0.39 is 5.54 Å². The lowest BCUT2D eigenvalue weighted by Crippen LogP contribution is -2.53. The molecule has 2 aliphatic heterocycles. The second-order valence-electron chi connectivity index (χ2n) is 7.06. The Morgan fingerprint density at radius 3 is 2.55 bits per heavy atom. The molecule has 2 saturated heterocycles. The van der Waals surface area contributed by atoms with Crippen molar-refractivity contribution in [2.75, 3.05) is 20.1 Å². The Morgan fingerprint density at radius 2 is 1.95 bits per heavy atom. The molecule has 1 amide bonds. The van der Waals surface area contributed by atoms with E-state index in [2.05, 4.69) is 21.9 Å². The van der Waals surface area contributed by atoms with Crippen LogP contribution in [0.25, 0.3) is 0 Å². The van der Waals surface area contributed by atoms with Crippen LogP contribution in [0.4, 0.5) is 0 Å². The van der Waals surface area contributed by atoms with E-state index in [9.17, 15) is 4.79 Å². The number of likely N-dealkylation sites (tertiary alicyclic amines) is 2. The average Bonchev–Trinajstić information content (AvgIpc) is 3.17. The highest BCUT2D eigenvalue weighted by molar-refractivity contribution is 6.30. The Labute approximate surface area is 137 Å². The molecule has 0 spiro atoms. The first-order valence-corrected chi connectivity index (χ1v) is 8.51. The van der Waals surface area contributed by atoms with Gasteiger partial charge in [-0.3, -0.25) is 9.48 Å². The lowest BCUT2D eigenvalue weighted by molar-refractivity contribution is -0.141. The number of likely N-dealkylation sites (N-methyl/N-ethyl adjacent to an activating group) is 1. The first-order valence-electron chi connectivity index (χ1n) is 8.13. The molecule has 1 aromatic heterocycles. The molecule has 6 heteroatoms. The summed E-state index contributed by atoms with van der Waals surface area (Å²) < 4.78 is 1.69. The highest BCUT2D eigenvalue weighted by Crippen LogP contribution is 2.32. The predicted octanol–water partition coefficient (Wildman–Crippen LogP) is 2.36. The summed E-state index contributed by atoms with van der Waals surface area (Å²) in [6.07, 6.45) is 7.94. The number of halogens is 1. The van der Waals surface area contributed by atoms with Crippen molar-refractivity contribution >= 4 is 17.5 Å². The van der Waals surface area contributed by atoms with Gasteiger partial charge in [0.2, 0.25) is 5.91 Å². The number of amides is 1. The Bertz CT molecular complexity index is 556. The first kappa shape index (κ1) is 15.8. The van der Waals surface area contributed by atoms with Crippen LogP contribution in [-0.4, -0.2) is 57.7 Å². The topological polar surface area (TPSA) is 41.4 Å². The predicted molar refractivity (Wildman–Crippen MR) is 86.9 cm³/mol. The quantitative estimate of drug-likeness (QED) is 0.857. The molecule has 3 heterocycles. The van der Waals surface area contributed by atoms with E-state index in [0.717, 1.165) is 25.9 Å². The van der Waals surface area contributed by atoms with Crippen LogP contribution in [0.15, 0.2) is 12.4 Å². The highest BCUT2D eigenvalue weighted by atomic mass is 35.5. The van der Waals surface area contributed by atoms with Gasteiger partial charge in [-0.1, -0.05) is 11.6 Å². The molecule has 5 nitrogen and oxygen atoms in total. The van der Waals surface area contributed by atoms with Gasteiger partial charge in [-0.15, -0.1) is 0 Å². The van der Waals surface area contributed by atoms with Crippen LogP contribution in [0.2, 0.25) is 5.02 Å². The second kappa shape index (κ2) is 5.85. The van der Waals surface area contributed by atoms with Crippen molar-refractivity contribution in [3.8, 4) is 0 Å². The summed E-state index contributed by atoms with van der Waals surface area (Å²) in [7, 11) is 2.18. The van der Waals surface area contributed by atoms with E-state index in [1.54, 1.807) is 17.1 Å². The fraction of sp³-hybridized carbons (Fsp3) is 0.750. The number of rotatable bonds is 3. The summed E-state index contributed by atoms with van der Waals surface area (Å²) >= 11 is 5.97. The lowest BCUT2D eigenvalue weighted by Gasteiger charge is -2.37. The van der Waals surface area contributed by atoms with E-state index in [-0.39, 0.29) is 5.91 Å². The third-order valence-corrected chi connectivity index (χ3v) is 5.42. The summed E-state index contributed by atoms with van der Waals surface area (Å²) in [6, 6.07) is 0.841. The van der Waals surface area contributed by atoms with Crippen LogP contribution < -0.4 is 0 Å². The van der Waals surface area contributed by atoms with Gasteiger partial charge in [-0.2, -0.15) is 5.10 Å². The van der Waals surface area contributed by atoms with Crippen LogP contribution in [0.1, 0.15) is 39.5 Å². The molecule has 3 rings (SSSR count). The molecular formula is C16H25ClN4O. The monoisotopic (exact) mass is 324 g/mol. The Balaban J connectivity index is 1.81. The summed E-state index contributed by atoms with van der Waals surface area (Å²) in [6.45, 7) is 5.84.